The Labute approximate surface area is 80.8 Å². The second kappa shape index (κ2) is 3.18. The predicted octanol–water partition coefficient (Wildman–Crippen LogP) is 2.32. The third-order valence-corrected chi connectivity index (χ3v) is 2.00. The number of benzene rings is 1. The van der Waals surface area contributed by atoms with Gasteiger partial charge in [-0.05, 0) is 18.2 Å². The van der Waals surface area contributed by atoms with Gasteiger partial charge in [-0.25, -0.2) is 4.98 Å². The zero-order valence-electron chi connectivity index (χ0n) is 7.08. The molecule has 0 saturated carbocycles. The van der Waals surface area contributed by atoms with Crippen LogP contribution in [0.3, 0.4) is 0 Å². The van der Waals surface area contributed by atoms with E-state index in [1.165, 1.54) is 0 Å². The minimum atomic E-state index is 0.680. The Morgan fingerprint density at radius 3 is 2.92 bits per heavy atom. The molecule has 0 amide bonds. The number of halogens is 1. The Hall–Kier alpha value is -1.35. The molecule has 0 fully saturated rings. The number of aromatic nitrogens is 2. The van der Waals surface area contributed by atoms with Gasteiger partial charge in [0.25, 0.3) is 0 Å². The van der Waals surface area contributed by atoms with Crippen LogP contribution in [0.25, 0.3) is 11.0 Å². The van der Waals surface area contributed by atoms with E-state index in [4.69, 9.17) is 11.6 Å². The Morgan fingerprint density at radius 2 is 2.15 bits per heavy atom. The maximum Gasteiger partial charge on any atom is 0.144 e. The quantitative estimate of drug-likeness (QED) is 0.756. The molecule has 13 heavy (non-hydrogen) atoms. The van der Waals surface area contributed by atoms with Gasteiger partial charge in [0.05, 0.1) is 17.2 Å². The zero-order valence-corrected chi connectivity index (χ0v) is 7.84. The van der Waals surface area contributed by atoms with E-state index >= 15 is 0 Å². The van der Waals surface area contributed by atoms with Crippen molar-refractivity contribution >= 4 is 28.5 Å². The predicted molar refractivity (Wildman–Crippen MR) is 54.1 cm³/mol. The lowest BCUT2D eigenvalue weighted by molar-refractivity contribution is 1.26. The summed E-state index contributed by atoms with van der Waals surface area (Å²) in [4.78, 5) is 8.51. The maximum atomic E-state index is 5.81. The van der Waals surface area contributed by atoms with Gasteiger partial charge < -0.3 is 5.32 Å². The van der Waals surface area contributed by atoms with E-state index in [1.54, 1.807) is 18.3 Å². The van der Waals surface area contributed by atoms with Crippen LogP contribution in [-0.2, 0) is 0 Å². The minimum absolute atomic E-state index is 0.680. The largest absolute Gasteiger partial charge is 0.372 e. The first-order chi connectivity index (χ1) is 6.29. The molecule has 0 saturated heterocycles. The fourth-order valence-corrected chi connectivity index (χ4v) is 1.27. The first-order valence-electron chi connectivity index (χ1n) is 3.89. The molecule has 4 heteroatoms. The van der Waals surface area contributed by atoms with Crippen LogP contribution < -0.4 is 5.32 Å². The van der Waals surface area contributed by atoms with Gasteiger partial charge in [0, 0.05) is 12.1 Å². The van der Waals surface area contributed by atoms with Gasteiger partial charge >= 0.3 is 0 Å². The van der Waals surface area contributed by atoms with E-state index in [2.05, 4.69) is 15.3 Å². The summed E-state index contributed by atoms with van der Waals surface area (Å²) in [6.07, 6.45) is 1.68. The zero-order chi connectivity index (χ0) is 9.26. The molecule has 3 nitrogen and oxygen atoms in total. The molecule has 2 rings (SSSR count). The molecule has 1 aromatic heterocycles. The van der Waals surface area contributed by atoms with Gasteiger partial charge in [-0.2, -0.15) is 0 Å². The fraction of sp³-hybridized carbons (Fsp3) is 0.111. The van der Waals surface area contributed by atoms with E-state index in [9.17, 15) is 0 Å². The van der Waals surface area contributed by atoms with E-state index in [0.29, 0.717) is 5.02 Å². The van der Waals surface area contributed by atoms with Crippen LogP contribution >= 0.6 is 11.6 Å². The molecular weight excluding hydrogens is 186 g/mol. The van der Waals surface area contributed by atoms with Crippen molar-refractivity contribution < 1.29 is 0 Å². The number of hydrogen-bond donors (Lipinski definition) is 1. The number of hydrogen-bond acceptors (Lipinski definition) is 3. The third-order valence-electron chi connectivity index (χ3n) is 1.76. The average molecular weight is 194 g/mol. The van der Waals surface area contributed by atoms with Crippen molar-refractivity contribution in [2.75, 3.05) is 12.4 Å². The summed E-state index contributed by atoms with van der Waals surface area (Å²) in [5.74, 6) is 0.759. The van der Waals surface area contributed by atoms with E-state index in [-0.39, 0.29) is 0 Å². The molecule has 1 heterocycles. The first-order valence-corrected chi connectivity index (χ1v) is 4.27. The average Bonchev–Trinajstić information content (AvgIpc) is 2.17. The summed E-state index contributed by atoms with van der Waals surface area (Å²) < 4.78 is 0. The van der Waals surface area contributed by atoms with Crippen molar-refractivity contribution in [1.82, 2.24) is 9.97 Å². The lowest BCUT2D eigenvalue weighted by Gasteiger charge is -2.00. The molecule has 0 aliphatic rings. The lowest BCUT2D eigenvalue weighted by atomic mass is 10.3. The Morgan fingerprint density at radius 1 is 1.31 bits per heavy atom. The lowest BCUT2D eigenvalue weighted by Crippen LogP contribution is -1.93. The van der Waals surface area contributed by atoms with Crippen LogP contribution in [0.15, 0.2) is 24.4 Å². The summed E-state index contributed by atoms with van der Waals surface area (Å²) >= 11 is 5.81. The summed E-state index contributed by atoms with van der Waals surface area (Å²) in [7, 11) is 1.81. The summed E-state index contributed by atoms with van der Waals surface area (Å²) in [6.45, 7) is 0. The normalized spacial score (nSPS) is 10.3. The first kappa shape index (κ1) is 8.26. The van der Waals surface area contributed by atoms with Gasteiger partial charge in [-0.1, -0.05) is 11.6 Å². The smallest absolute Gasteiger partial charge is 0.144 e. The second-order valence-corrected chi connectivity index (χ2v) is 3.07. The van der Waals surface area contributed by atoms with Crippen molar-refractivity contribution in [2.45, 2.75) is 0 Å². The number of rotatable bonds is 1. The standard InChI is InChI=1S/C9H8ClN3/c1-11-9-5-12-8-4-6(10)2-3-7(8)13-9/h2-5H,1H3,(H,11,13). The van der Waals surface area contributed by atoms with Crippen molar-refractivity contribution in [1.29, 1.82) is 0 Å². The Kier molecular flexibility index (Phi) is 2.02. The van der Waals surface area contributed by atoms with Crippen LogP contribution in [0, 0.1) is 0 Å². The van der Waals surface area contributed by atoms with Gasteiger partial charge in [0.2, 0.25) is 0 Å². The monoisotopic (exact) mass is 193 g/mol. The number of anilines is 1. The molecule has 66 valence electrons. The van der Waals surface area contributed by atoms with Crippen molar-refractivity contribution in [3.8, 4) is 0 Å². The highest BCUT2D eigenvalue weighted by Crippen LogP contribution is 2.16. The van der Waals surface area contributed by atoms with Crippen LogP contribution in [0.2, 0.25) is 5.02 Å². The number of nitrogens with zero attached hydrogens (tertiary/aromatic N) is 2. The van der Waals surface area contributed by atoms with Crippen molar-refractivity contribution in [3.63, 3.8) is 0 Å². The molecule has 0 spiro atoms. The van der Waals surface area contributed by atoms with E-state index < -0.39 is 0 Å². The topological polar surface area (TPSA) is 37.8 Å². The SMILES string of the molecule is CNc1cnc2cc(Cl)ccc2n1. The molecule has 2 aromatic rings. The summed E-state index contributed by atoms with van der Waals surface area (Å²) in [5.41, 5.74) is 1.66. The molecule has 0 bridgehead atoms. The molecular formula is C9H8ClN3. The van der Waals surface area contributed by atoms with Crippen LogP contribution in [0.4, 0.5) is 5.82 Å². The van der Waals surface area contributed by atoms with E-state index in [1.807, 2.05) is 13.1 Å². The van der Waals surface area contributed by atoms with Gasteiger partial charge in [0.1, 0.15) is 5.82 Å². The minimum Gasteiger partial charge on any atom is -0.372 e. The Balaban J connectivity index is 2.66. The van der Waals surface area contributed by atoms with Gasteiger partial charge in [-0.3, -0.25) is 4.98 Å². The molecule has 0 unspecified atom stereocenters. The Bertz CT molecular complexity index is 442. The third kappa shape index (κ3) is 1.55. The highest BCUT2D eigenvalue weighted by atomic mass is 35.5. The number of fused-ring (bicyclic) bond motifs is 1. The fourth-order valence-electron chi connectivity index (χ4n) is 1.10. The highest BCUT2D eigenvalue weighted by Gasteiger charge is 1.98. The maximum absolute atomic E-state index is 5.81. The molecule has 1 N–H and O–H groups in total. The van der Waals surface area contributed by atoms with Gasteiger partial charge in [-0.15, -0.1) is 0 Å². The molecule has 0 aliphatic heterocycles. The van der Waals surface area contributed by atoms with E-state index in [0.717, 1.165) is 16.9 Å². The molecule has 1 aromatic carbocycles. The highest BCUT2D eigenvalue weighted by molar-refractivity contribution is 6.31. The second-order valence-electron chi connectivity index (χ2n) is 2.64. The molecule has 0 atom stereocenters. The van der Waals surface area contributed by atoms with Crippen LogP contribution in [0.5, 0.6) is 0 Å². The molecule has 0 aliphatic carbocycles. The molecule has 0 radical (unpaired) electrons. The summed E-state index contributed by atoms with van der Waals surface area (Å²) in [6, 6.07) is 5.45. The van der Waals surface area contributed by atoms with Crippen LogP contribution in [0.1, 0.15) is 0 Å². The summed E-state index contributed by atoms with van der Waals surface area (Å²) in [5, 5.41) is 3.61. The van der Waals surface area contributed by atoms with Crippen LogP contribution in [-0.4, -0.2) is 17.0 Å². The number of nitrogens with one attached hydrogen (secondary N) is 1. The van der Waals surface area contributed by atoms with Gasteiger partial charge in [0.15, 0.2) is 0 Å². The van der Waals surface area contributed by atoms with Crippen molar-refractivity contribution in [3.05, 3.63) is 29.4 Å². The van der Waals surface area contributed by atoms with Crippen molar-refractivity contribution in [2.24, 2.45) is 0 Å².